The largest absolute Gasteiger partial charge is 0.309 e. The van der Waals surface area contributed by atoms with Crippen LogP contribution in [0.15, 0.2) is 206 Å². The van der Waals surface area contributed by atoms with Gasteiger partial charge in [0.05, 0.1) is 33.5 Å². The minimum atomic E-state index is 0.691. The van der Waals surface area contributed by atoms with E-state index in [1.165, 1.54) is 49.2 Å². The molecular weight excluding hydrogens is 681 g/mol. The van der Waals surface area contributed by atoms with Crippen molar-refractivity contribution in [1.82, 2.24) is 19.1 Å². The molecule has 0 saturated heterocycles. The number of benzene rings is 8. The lowest BCUT2D eigenvalue weighted by Gasteiger charge is -2.12. The van der Waals surface area contributed by atoms with E-state index in [2.05, 4.69) is 203 Å². The van der Waals surface area contributed by atoms with Crippen molar-refractivity contribution in [3.63, 3.8) is 0 Å². The minimum absolute atomic E-state index is 0.691. The zero-order valence-corrected chi connectivity index (χ0v) is 30.4. The zero-order valence-electron chi connectivity index (χ0n) is 30.4. The first-order valence-electron chi connectivity index (χ1n) is 19.0. The van der Waals surface area contributed by atoms with E-state index >= 15 is 0 Å². The fraction of sp³-hybridized carbons (Fsp3) is 0. The van der Waals surface area contributed by atoms with Crippen molar-refractivity contribution in [1.29, 1.82) is 0 Å². The normalized spacial score (nSPS) is 11.6. The molecule has 0 aliphatic heterocycles. The minimum Gasteiger partial charge on any atom is -0.309 e. The lowest BCUT2D eigenvalue weighted by molar-refractivity contribution is 1.16. The van der Waals surface area contributed by atoms with Gasteiger partial charge in [0.1, 0.15) is 0 Å². The van der Waals surface area contributed by atoms with Gasteiger partial charge in [-0.3, -0.25) is 0 Å². The Hall–Kier alpha value is -7.56. The third-order valence-electron chi connectivity index (χ3n) is 10.9. The molecule has 0 bridgehead atoms. The maximum absolute atomic E-state index is 5.17. The summed E-state index contributed by atoms with van der Waals surface area (Å²) >= 11 is 0. The first-order chi connectivity index (χ1) is 27.8. The van der Waals surface area contributed by atoms with Gasteiger partial charge in [0.25, 0.3) is 0 Å². The highest BCUT2D eigenvalue weighted by molar-refractivity contribution is 6.19. The molecule has 0 spiro atoms. The predicted molar refractivity (Wildman–Crippen MR) is 232 cm³/mol. The van der Waals surface area contributed by atoms with Gasteiger partial charge in [0, 0.05) is 49.6 Å². The van der Waals surface area contributed by atoms with Crippen LogP contribution in [-0.4, -0.2) is 19.1 Å². The number of nitrogens with zero attached hydrogens (tertiary/aromatic N) is 4. The first kappa shape index (κ1) is 31.9. The van der Waals surface area contributed by atoms with E-state index in [1.807, 2.05) is 12.1 Å². The molecule has 262 valence electrons. The fourth-order valence-corrected chi connectivity index (χ4v) is 8.27. The Morgan fingerprint density at radius 1 is 0.268 bits per heavy atom. The van der Waals surface area contributed by atoms with Gasteiger partial charge >= 0.3 is 0 Å². The highest BCUT2D eigenvalue weighted by Crippen LogP contribution is 2.40. The third kappa shape index (κ3) is 5.31. The van der Waals surface area contributed by atoms with Crippen LogP contribution in [0.1, 0.15) is 0 Å². The molecule has 8 aromatic carbocycles. The molecule has 11 rings (SSSR count). The van der Waals surface area contributed by atoms with E-state index in [4.69, 9.17) is 9.97 Å². The van der Waals surface area contributed by atoms with Crippen molar-refractivity contribution in [2.24, 2.45) is 0 Å². The van der Waals surface area contributed by atoms with Crippen LogP contribution in [0.2, 0.25) is 0 Å². The molecule has 0 atom stereocenters. The number of para-hydroxylation sites is 3. The van der Waals surface area contributed by atoms with Crippen LogP contribution in [0.4, 0.5) is 0 Å². The van der Waals surface area contributed by atoms with Gasteiger partial charge in [-0.25, -0.2) is 9.97 Å². The molecule has 4 heteroatoms. The smallest absolute Gasteiger partial charge is 0.160 e. The van der Waals surface area contributed by atoms with E-state index in [0.717, 1.165) is 45.0 Å². The Bertz CT molecular complexity index is 3200. The molecule has 0 fully saturated rings. The average Bonchev–Trinajstić information content (AvgIpc) is 3.78. The molecule has 11 aromatic rings. The molecule has 3 heterocycles. The Balaban J connectivity index is 1.06. The van der Waals surface area contributed by atoms with Crippen molar-refractivity contribution < 1.29 is 0 Å². The number of hydrogen-bond acceptors (Lipinski definition) is 2. The highest BCUT2D eigenvalue weighted by Gasteiger charge is 2.19. The fourth-order valence-electron chi connectivity index (χ4n) is 8.27. The van der Waals surface area contributed by atoms with Gasteiger partial charge < -0.3 is 9.13 Å². The van der Waals surface area contributed by atoms with E-state index < -0.39 is 0 Å². The number of rotatable bonds is 6. The first-order valence-corrected chi connectivity index (χ1v) is 19.0. The van der Waals surface area contributed by atoms with E-state index in [9.17, 15) is 0 Å². The van der Waals surface area contributed by atoms with Gasteiger partial charge in [-0.2, -0.15) is 0 Å². The molecule has 0 amide bonds. The molecule has 0 N–H and O–H groups in total. The average molecular weight is 715 g/mol. The summed E-state index contributed by atoms with van der Waals surface area (Å²) in [5, 5.41) is 4.96. The monoisotopic (exact) mass is 714 g/mol. The molecule has 0 radical (unpaired) electrons. The van der Waals surface area contributed by atoms with Crippen LogP contribution in [0.25, 0.3) is 100 Å². The van der Waals surface area contributed by atoms with Gasteiger partial charge in [-0.1, -0.05) is 140 Å². The van der Waals surface area contributed by atoms with Crippen LogP contribution in [-0.2, 0) is 0 Å². The van der Waals surface area contributed by atoms with Crippen LogP contribution in [0.5, 0.6) is 0 Å². The zero-order chi connectivity index (χ0) is 37.0. The Morgan fingerprint density at radius 2 is 0.679 bits per heavy atom. The van der Waals surface area contributed by atoms with Crippen LogP contribution >= 0.6 is 0 Å². The number of aromatic nitrogens is 4. The molecule has 0 saturated carbocycles. The molecular formula is C52H34N4. The molecule has 0 aliphatic rings. The van der Waals surface area contributed by atoms with Gasteiger partial charge in [0.2, 0.25) is 0 Å². The van der Waals surface area contributed by atoms with E-state index in [-0.39, 0.29) is 0 Å². The quantitative estimate of drug-likeness (QED) is 0.172. The van der Waals surface area contributed by atoms with Crippen LogP contribution < -0.4 is 0 Å². The molecule has 0 unspecified atom stereocenters. The summed E-state index contributed by atoms with van der Waals surface area (Å²) in [5.41, 5.74) is 14.1. The third-order valence-corrected chi connectivity index (χ3v) is 10.9. The Morgan fingerprint density at radius 3 is 1.25 bits per heavy atom. The topological polar surface area (TPSA) is 35.6 Å². The van der Waals surface area contributed by atoms with Crippen LogP contribution in [0, 0.1) is 0 Å². The second-order valence-corrected chi connectivity index (χ2v) is 14.2. The van der Waals surface area contributed by atoms with E-state index in [0.29, 0.717) is 5.82 Å². The van der Waals surface area contributed by atoms with Crippen molar-refractivity contribution in [3.8, 4) is 56.4 Å². The highest BCUT2D eigenvalue weighted by atomic mass is 15.0. The summed E-state index contributed by atoms with van der Waals surface area (Å²) in [5.74, 6) is 0.691. The second-order valence-electron chi connectivity index (χ2n) is 14.2. The Kier molecular flexibility index (Phi) is 7.46. The number of hydrogen-bond donors (Lipinski definition) is 0. The summed E-state index contributed by atoms with van der Waals surface area (Å²) in [6.07, 6.45) is 0. The van der Waals surface area contributed by atoms with Crippen molar-refractivity contribution in [3.05, 3.63) is 206 Å². The number of fused-ring (bicyclic) bond motifs is 6. The SMILES string of the molecule is c1ccc(-c2ccc(-c3cc(-c4ccccc4)nc(-c4ccc(-n5c6ccccc6c6cc7c8ccccc8n(-c8ccccc8)c7cc65)cc4)n3)cc2)cc1. The Labute approximate surface area is 324 Å². The summed E-state index contributed by atoms with van der Waals surface area (Å²) in [6.45, 7) is 0. The second kappa shape index (κ2) is 13.1. The van der Waals surface area contributed by atoms with Crippen molar-refractivity contribution in [2.45, 2.75) is 0 Å². The van der Waals surface area contributed by atoms with Gasteiger partial charge in [0.15, 0.2) is 5.82 Å². The summed E-state index contributed by atoms with van der Waals surface area (Å²) in [7, 11) is 0. The molecule has 0 aliphatic carbocycles. The summed E-state index contributed by atoms with van der Waals surface area (Å²) in [6, 6.07) is 73.1. The standard InChI is InChI=1S/C52H34N4/c1-4-14-35(15-5-1)36-24-26-38(27-25-36)47-33-46(37-16-6-2-7-17-37)53-52(54-47)39-28-30-41(31-29-39)56-49-23-13-11-21-43(49)45-32-44-42-20-10-12-22-48(42)55(50(44)34-51(45)56)40-18-8-3-9-19-40/h1-34H. The molecule has 3 aromatic heterocycles. The van der Waals surface area contributed by atoms with Gasteiger partial charge in [-0.05, 0) is 77.9 Å². The van der Waals surface area contributed by atoms with Gasteiger partial charge in [-0.15, -0.1) is 0 Å². The lowest BCUT2D eigenvalue weighted by Crippen LogP contribution is -1.98. The predicted octanol–water partition coefficient (Wildman–Crippen LogP) is 13.3. The van der Waals surface area contributed by atoms with Crippen molar-refractivity contribution >= 4 is 43.6 Å². The summed E-state index contributed by atoms with van der Waals surface area (Å²) in [4.78, 5) is 10.3. The molecule has 56 heavy (non-hydrogen) atoms. The maximum Gasteiger partial charge on any atom is 0.160 e. The summed E-state index contributed by atoms with van der Waals surface area (Å²) < 4.78 is 4.78. The molecule has 4 nitrogen and oxygen atoms in total. The van der Waals surface area contributed by atoms with E-state index in [1.54, 1.807) is 0 Å². The maximum atomic E-state index is 5.17. The lowest BCUT2D eigenvalue weighted by atomic mass is 10.0. The van der Waals surface area contributed by atoms with Crippen LogP contribution in [0.3, 0.4) is 0 Å². The van der Waals surface area contributed by atoms with Crippen molar-refractivity contribution in [2.75, 3.05) is 0 Å².